The first-order valence-electron chi connectivity index (χ1n) is 8.44. The molecule has 1 unspecified atom stereocenters. The average molecular weight is 276 g/mol. The molecular formula is C19H32O. The molecule has 0 amide bonds. The van der Waals surface area contributed by atoms with E-state index in [1.165, 1.54) is 50.5 Å². The van der Waals surface area contributed by atoms with Crippen molar-refractivity contribution in [1.82, 2.24) is 0 Å². The summed E-state index contributed by atoms with van der Waals surface area (Å²) in [5.41, 5.74) is 1.33. The third kappa shape index (κ3) is 7.69. The molecule has 0 saturated carbocycles. The Balaban J connectivity index is 2.28. The van der Waals surface area contributed by atoms with Gasteiger partial charge in [-0.05, 0) is 25.8 Å². The van der Waals surface area contributed by atoms with E-state index < -0.39 is 0 Å². The maximum atomic E-state index is 6.08. The highest BCUT2D eigenvalue weighted by Crippen LogP contribution is 2.25. The lowest BCUT2D eigenvalue weighted by molar-refractivity contribution is 0.000321. The van der Waals surface area contributed by atoms with Crippen molar-refractivity contribution in [1.29, 1.82) is 0 Å². The van der Waals surface area contributed by atoms with E-state index in [9.17, 15) is 0 Å². The van der Waals surface area contributed by atoms with Crippen molar-refractivity contribution in [2.24, 2.45) is 0 Å². The number of hydrogen-bond donors (Lipinski definition) is 0. The van der Waals surface area contributed by atoms with Crippen LogP contribution in [0.15, 0.2) is 30.3 Å². The molecule has 1 atom stereocenters. The topological polar surface area (TPSA) is 9.23 Å². The zero-order valence-electron chi connectivity index (χ0n) is 13.6. The maximum Gasteiger partial charge on any atom is 0.0828 e. The van der Waals surface area contributed by atoms with E-state index in [1.54, 1.807) is 0 Å². The smallest absolute Gasteiger partial charge is 0.0828 e. The Labute approximate surface area is 125 Å². The molecule has 0 aliphatic heterocycles. The predicted octanol–water partition coefficient (Wildman–Crippen LogP) is 6.29. The second-order valence-corrected chi connectivity index (χ2v) is 5.99. The van der Waals surface area contributed by atoms with Crippen molar-refractivity contribution in [2.45, 2.75) is 84.3 Å². The van der Waals surface area contributed by atoms with Gasteiger partial charge in [0.2, 0.25) is 0 Å². The van der Waals surface area contributed by atoms with Crippen LogP contribution in [0.3, 0.4) is 0 Å². The normalized spacial score (nSPS) is 12.8. The fourth-order valence-electron chi connectivity index (χ4n) is 2.60. The standard InChI is InChI=1S/C19H32O/c1-4-5-6-7-8-9-13-16-19(20-17(2)3)18-14-11-10-12-15-18/h10-12,14-15,17,19H,4-9,13,16H2,1-3H3. The summed E-state index contributed by atoms with van der Waals surface area (Å²) in [6.45, 7) is 6.52. The van der Waals surface area contributed by atoms with Crippen LogP contribution in [0.25, 0.3) is 0 Å². The van der Waals surface area contributed by atoms with Crippen LogP contribution in [-0.2, 0) is 4.74 Å². The Morgan fingerprint density at radius 1 is 0.850 bits per heavy atom. The number of unbranched alkanes of at least 4 members (excludes halogenated alkanes) is 6. The molecule has 1 heteroatoms. The molecule has 0 saturated heterocycles. The minimum absolute atomic E-state index is 0.270. The van der Waals surface area contributed by atoms with Crippen LogP contribution >= 0.6 is 0 Å². The van der Waals surface area contributed by atoms with Gasteiger partial charge >= 0.3 is 0 Å². The summed E-state index contributed by atoms with van der Waals surface area (Å²) in [7, 11) is 0. The van der Waals surface area contributed by atoms with Gasteiger partial charge in [0.1, 0.15) is 0 Å². The second-order valence-electron chi connectivity index (χ2n) is 5.99. The summed E-state index contributed by atoms with van der Waals surface area (Å²) in [4.78, 5) is 0. The van der Waals surface area contributed by atoms with E-state index in [2.05, 4.69) is 51.1 Å². The lowest BCUT2D eigenvalue weighted by Crippen LogP contribution is -2.10. The Morgan fingerprint density at radius 3 is 2.05 bits per heavy atom. The van der Waals surface area contributed by atoms with E-state index in [0.29, 0.717) is 6.10 Å². The van der Waals surface area contributed by atoms with Crippen molar-refractivity contribution in [3.8, 4) is 0 Å². The van der Waals surface area contributed by atoms with Gasteiger partial charge in [-0.25, -0.2) is 0 Å². The largest absolute Gasteiger partial charge is 0.371 e. The third-order valence-electron chi connectivity index (χ3n) is 3.68. The van der Waals surface area contributed by atoms with Gasteiger partial charge < -0.3 is 4.74 Å². The molecule has 0 spiro atoms. The zero-order valence-corrected chi connectivity index (χ0v) is 13.6. The zero-order chi connectivity index (χ0) is 14.6. The van der Waals surface area contributed by atoms with Crippen molar-refractivity contribution < 1.29 is 4.74 Å². The average Bonchev–Trinajstić information content (AvgIpc) is 2.45. The molecule has 0 radical (unpaired) electrons. The van der Waals surface area contributed by atoms with Gasteiger partial charge in [0.15, 0.2) is 0 Å². The Hall–Kier alpha value is -0.820. The van der Waals surface area contributed by atoms with E-state index in [0.717, 1.165) is 6.42 Å². The minimum atomic E-state index is 0.270. The molecule has 20 heavy (non-hydrogen) atoms. The summed E-state index contributed by atoms with van der Waals surface area (Å²) in [6, 6.07) is 10.7. The molecule has 1 aromatic carbocycles. The van der Waals surface area contributed by atoms with E-state index in [1.807, 2.05) is 0 Å². The van der Waals surface area contributed by atoms with Gasteiger partial charge in [0.25, 0.3) is 0 Å². The summed E-state index contributed by atoms with van der Waals surface area (Å²) in [5.74, 6) is 0. The van der Waals surface area contributed by atoms with E-state index in [-0.39, 0.29) is 6.10 Å². The number of rotatable bonds is 11. The Kier molecular flexibility index (Phi) is 9.40. The molecule has 0 bridgehead atoms. The summed E-state index contributed by atoms with van der Waals surface area (Å²) >= 11 is 0. The van der Waals surface area contributed by atoms with Gasteiger partial charge in [-0.1, -0.05) is 82.2 Å². The summed E-state index contributed by atoms with van der Waals surface area (Å²) in [6.07, 6.45) is 11.2. The molecule has 114 valence electrons. The number of ether oxygens (including phenoxy) is 1. The van der Waals surface area contributed by atoms with Crippen LogP contribution in [0.5, 0.6) is 0 Å². The Morgan fingerprint density at radius 2 is 1.45 bits per heavy atom. The number of benzene rings is 1. The minimum Gasteiger partial charge on any atom is -0.371 e. The second kappa shape index (κ2) is 10.9. The van der Waals surface area contributed by atoms with Crippen molar-refractivity contribution >= 4 is 0 Å². The van der Waals surface area contributed by atoms with Crippen LogP contribution < -0.4 is 0 Å². The highest BCUT2D eigenvalue weighted by molar-refractivity contribution is 5.17. The molecule has 1 rings (SSSR count). The van der Waals surface area contributed by atoms with Crippen LogP contribution in [-0.4, -0.2) is 6.10 Å². The maximum absolute atomic E-state index is 6.08. The van der Waals surface area contributed by atoms with Crippen LogP contribution in [0, 0.1) is 0 Å². The monoisotopic (exact) mass is 276 g/mol. The van der Waals surface area contributed by atoms with Crippen molar-refractivity contribution in [3.05, 3.63) is 35.9 Å². The molecule has 0 aliphatic rings. The quantitative estimate of drug-likeness (QED) is 0.431. The lowest BCUT2D eigenvalue weighted by Gasteiger charge is -2.21. The van der Waals surface area contributed by atoms with E-state index >= 15 is 0 Å². The lowest BCUT2D eigenvalue weighted by atomic mass is 10.0. The van der Waals surface area contributed by atoms with Gasteiger partial charge in [-0.15, -0.1) is 0 Å². The molecule has 0 aliphatic carbocycles. The molecule has 0 aromatic heterocycles. The highest BCUT2D eigenvalue weighted by Gasteiger charge is 2.12. The third-order valence-corrected chi connectivity index (χ3v) is 3.68. The predicted molar refractivity (Wildman–Crippen MR) is 88.0 cm³/mol. The molecule has 0 fully saturated rings. The molecule has 1 aromatic rings. The van der Waals surface area contributed by atoms with Crippen LogP contribution in [0.1, 0.15) is 83.8 Å². The molecule has 0 heterocycles. The van der Waals surface area contributed by atoms with E-state index in [4.69, 9.17) is 4.74 Å². The number of hydrogen-bond acceptors (Lipinski definition) is 1. The molecular weight excluding hydrogens is 244 g/mol. The fourth-order valence-corrected chi connectivity index (χ4v) is 2.60. The molecule has 1 nitrogen and oxygen atoms in total. The molecule has 0 N–H and O–H groups in total. The highest BCUT2D eigenvalue weighted by atomic mass is 16.5. The first kappa shape index (κ1) is 17.2. The Bertz CT molecular complexity index is 318. The first-order chi connectivity index (χ1) is 9.74. The van der Waals surface area contributed by atoms with Gasteiger partial charge in [0, 0.05) is 0 Å². The van der Waals surface area contributed by atoms with Gasteiger partial charge in [-0.2, -0.15) is 0 Å². The van der Waals surface area contributed by atoms with Crippen molar-refractivity contribution in [3.63, 3.8) is 0 Å². The van der Waals surface area contributed by atoms with Gasteiger partial charge in [-0.3, -0.25) is 0 Å². The first-order valence-corrected chi connectivity index (χ1v) is 8.44. The SMILES string of the molecule is CCCCCCCCCC(OC(C)C)c1ccccc1. The van der Waals surface area contributed by atoms with Crippen molar-refractivity contribution in [2.75, 3.05) is 0 Å². The van der Waals surface area contributed by atoms with Crippen LogP contribution in [0.4, 0.5) is 0 Å². The van der Waals surface area contributed by atoms with Gasteiger partial charge in [0.05, 0.1) is 12.2 Å². The fraction of sp³-hybridized carbons (Fsp3) is 0.684. The summed E-state index contributed by atoms with van der Waals surface area (Å²) in [5, 5.41) is 0. The van der Waals surface area contributed by atoms with Crippen LogP contribution in [0.2, 0.25) is 0 Å². The summed E-state index contributed by atoms with van der Waals surface area (Å²) < 4.78 is 6.08.